The number of morpholine rings is 1. The summed E-state index contributed by atoms with van der Waals surface area (Å²) in [6, 6.07) is 0. The van der Waals surface area contributed by atoms with Gasteiger partial charge in [-0.1, -0.05) is 0 Å². The zero-order valence-corrected chi connectivity index (χ0v) is 7.21. The first kappa shape index (κ1) is 7.61. The molecular formula is C8H13N3O. The van der Waals surface area contributed by atoms with Crippen molar-refractivity contribution < 1.29 is 4.74 Å². The van der Waals surface area contributed by atoms with Crippen LogP contribution in [0.3, 0.4) is 0 Å². The van der Waals surface area contributed by atoms with E-state index in [1.165, 1.54) is 5.56 Å². The summed E-state index contributed by atoms with van der Waals surface area (Å²) in [5.41, 5.74) is 1.21. The molecule has 2 heterocycles. The minimum absolute atomic E-state index is 0.818. The van der Waals surface area contributed by atoms with Gasteiger partial charge in [-0.3, -0.25) is 5.10 Å². The minimum atomic E-state index is 0.818. The van der Waals surface area contributed by atoms with Gasteiger partial charge in [-0.05, 0) is 6.92 Å². The Morgan fingerprint density at radius 1 is 1.50 bits per heavy atom. The molecule has 1 aliphatic rings. The third kappa shape index (κ3) is 1.30. The molecule has 66 valence electrons. The highest BCUT2D eigenvalue weighted by atomic mass is 16.5. The van der Waals surface area contributed by atoms with E-state index in [0.717, 1.165) is 32.1 Å². The number of rotatable bonds is 1. The van der Waals surface area contributed by atoms with Crippen molar-refractivity contribution in [3.8, 4) is 0 Å². The Hall–Kier alpha value is -1.03. The number of aryl methyl sites for hydroxylation is 1. The summed E-state index contributed by atoms with van der Waals surface area (Å²) in [6.45, 7) is 5.62. The maximum absolute atomic E-state index is 5.26. The van der Waals surface area contributed by atoms with Gasteiger partial charge >= 0.3 is 0 Å². The van der Waals surface area contributed by atoms with Crippen LogP contribution in [0.25, 0.3) is 0 Å². The van der Waals surface area contributed by atoms with Crippen LogP contribution >= 0.6 is 0 Å². The molecule has 4 heteroatoms. The highest BCUT2D eigenvalue weighted by Gasteiger charge is 2.13. The van der Waals surface area contributed by atoms with E-state index in [9.17, 15) is 0 Å². The number of ether oxygens (including phenoxy) is 1. The van der Waals surface area contributed by atoms with Crippen molar-refractivity contribution >= 4 is 5.82 Å². The fourth-order valence-electron chi connectivity index (χ4n) is 1.45. The number of aromatic nitrogens is 2. The third-order valence-corrected chi connectivity index (χ3v) is 2.13. The van der Waals surface area contributed by atoms with E-state index in [-0.39, 0.29) is 0 Å². The predicted molar refractivity (Wildman–Crippen MR) is 46.4 cm³/mol. The molecule has 2 rings (SSSR count). The lowest BCUT2D eigenvalue weighted by molar-refractivity contribution is 0.122. The number of nitrogens with one attached hydrogen (secondary N) is 1. The second-order valence-electron chi connectivity index (χ2n) is 3.00. The zero-order valence-electron chi connectivity index (χ0n) is 7.21. The number of nitrogens with zero attached hydrogens (tertiary/aromatic N) is 2. The molecule has 1 saturated heterocycles. The molecule has 0 atom stereocenters. The molecule has 4 nitrogen and oxygen atoms in total. The van der Waals surface area contributed by atoms with E-state index >= 15 is 0 Å². The van der Waals surface area contributed by atoms with Gasteiger partial charge in [0.15, 0.2) is 0 Å². The summed E-state index contributed by atoms with van der Waals surface area (Å²) in [6.07, 6.45) is 1.85. The molecule has 0 aliphatic carbocycles. The van der Waals surface area contributed by atoms with E-state index in [2.05, 4.69) is 22.0 Å². The highest BCUT2D eigenvalue weighted by Crippen LogP contribution is 2.16. The number of anilines is 1. The molecule has 0 amide bonds. The smallest absolute Gasteiger partial charge is 0.127 e. The van der Waals surface area contributed by atoms with Crippen molar-refractivity contribution in [1.82, 2.24) is 10.2 Å². The summed E-state index contributed by atoms with van der Waals surface area (Å²) in [5.74, 6) is 1.14. The van der Waals surface area contributed by atoms with Crippen molar-refractivity contribution in [3.63, 3.8) is 0 Å². The van der Waals surface area contributed by atoms with Crippen LogP contribution in [0.2, 0.25) is 0 Å². The highest BCUT2D eigenvalue weighted by molar-refractivity contribution is 5.44. The van der Waals surface area contributed by atoms with Crippen LogP contribution in [0, 0.1) is 6.92 Å². The number of hydrogen-bond acceptors (Lipinski definition) is 3. The molecule has 1 aromatic heterocycles. The summed E-state index contributed by atoms with van der Waals surface area (Å²) in [5, 5.41) is 6.98. The molecule has 12 heavy (non-hydrogen) atoms. The quantitative estimate of drug-likeness (QED) is 0.664. The molecule has 0 unspecified atom stereocenters. The van der Waals surface area contributed by atoms with E-state index in [1.807, 2.05) is 6.20 Å². The molecule has 0 bridgehead atoms. The monoisotopic (exact) mass is 167 g/mol. The fourth-order valence-corrected chi connectivity index (χ4v) is 1.45. The van der Waals surface area contributed by atoms with Gasteiger partial charge in [0.1, 0.15) is 5.82 Å². The summed E-state index contributed by atoms with van der Waals surface area (Å²) in [7, 11) is 0. The van der Waals surface area contributed by atoms with E-state index in [1.54, 1.807) is 0 Å². The van der Waals surface area contributed by atoms with Crippen LogP contribution in [0.5, 0.6) is 0 Å². The lowest BCUT2D eigenvalue weighted by Crippen LogP contribution is -2.36. The first-order valence-corrected chi connectivity index (χ1v) is 4.20. The molecule has 1 fully saturated rings. The van der Waals surface area contributed by atoms with Gasteiger partial charge in [-0.2, -0.15) is 5.10 Å². The maximum Gasteiger partial charge on any atom is 0.127 e. The van der Waals surface area contributed by atoms with Gasteiger partial charge < -0.3 is 9.64 Å². The molecule has 0 radical (unpaired) electrons. The summed E-state index contributed by atoms with van der Waals surface area (Å²) in [4.78, 5) is 2.27. The first-order valence-electron chi connectivity index (χ1n) is 4.20. The van der Waals surface area contributed by atoms with Gasteiger partial charge in [-0.25, -0.2) is 0 Å². The Balaban J connectivity index is 2.13. The minimum Gasteiger partial charge on any atom is -0.378 e. The summed E-state index contributed by atoms with van der Waals surface area (Å²) < 4.78 is 5.26. The van der Waals surface area contributed by atoms with Crippen LogP contribution < -0.4 is 4.90 Å². The van der Waals surface area contributed by atoms with Crippen LogP contribution in [-0.2, 0) is 4.74 Å². The molecular weight excluding hydrogens is 154 g/mol. The average Bonchev–Trinajstić information content (AvgIpc) is 2.53. The topological polar surface area (TPSA) is 41.2 Å². The SMILES string of the molecule is Cc1cn[nH]c1N1CCOCC1. The largest absolute Gasteiger partial charge is 0.378 e. The van der Waals surface area contributed by atoms with Crippen molar-refractivity contribution in [3.05, 3.63) is 11.8 Å². The van der Waals surface area contributed by atoms with Crippen LogP contribution in [0.1, 0.15) is 5.56 Å². The second-order valence-corrected chi connectivity index (χ2v) is 3.00. The van der Waals surface area contributed by atoms with E-state index in [0.29, 0.717) is 0 Å². The lowest BCUT2D eigenvalue weighted by atomic mass is 10.3. The summed E-state index contributed by atoms with van der Waals surface area (Å²) >= 11 is 0. The fraction of sp³-hybridized carbons (Fsp3) is 0.625. The Labute approximate surface area is 71.5 Å². The van der Waals surface area contributed by atoms with Crippen LogP contribution in [-0.4, -0.2) is 36.5 Å². The van der Waals surface area contributed by atoms with Gasteiger partial charge in [0, 0.05) is 18.7 Å². The standard InChI is InChI=1S/C8H13N3O/c1-7-6-9-10-8(7)11-2-4-12-5-3-11/h6H,2-5H2,1H3,(H,9,10). The van der Waals surface area contributed by atoms with Gasteiger partial charge in [-0.15, -0.1) is 0 Å². The lowest BCUT2D eigenvalue weighted by Gasteiger charge is -2.27. The Morgan fingerprint density at radius 2 is 2.25 bits per heavy atom. The van der Waals surface area contributed by atoms with Gasteiger partial charge in [0.05, 0.1) is 19.4 Å². The van der Waals surface area contributed by atoms with Crippen molar-refractivity contribution in [1.29, 1.82) is 0 Å². The Kier molecular flexibility index (Phi) is 1.99. The molecule has 1 aliphatic heterocycles. The second kappa shape index (κ2) is 3.15. The predicted octanol–water partition coefficient (Wildman–Crippen LogP) is 0.555. The Morgan fingerprint density at radius 3 is 2.83 bits per heavy atom. The molecule has 0 spiro atoms. The molecule has 0 aromatic carbocycles. The number of H-pyrrole nitrogens is 1. The van der Waals surface area contributed by atoms with Crippen molar-refractivity contribution in [2.75, 3.05) is 31.2 Å². The number of hydrogen-bond donors (Lipinski definition) is 1. The first-order chi connectivity index (χ1) is 5.88. The molecule has 0 saturated carbocycles. The molecule has 1 N–H and O–H groups in total. The Bertz CT molecular complexity index is 253. The normalized spacial score (nSPS) is 18.2. The van der Waals surface area contributed by atoms with E-state index in [4.69, 9.17) is 4.74 Å². The third-order valence-electron chi connectivity index (χ3n) is 2.13. The number of aromatic amines is 1. The van der Waals surface area contributed by atoms with Crippen molar-refractivity contribution in [2.24, 2.45) is 0 Å². The van der Waals surface area contributed by atoms with Crippen LogP contribution in [0.4, 0.5) is 5.82 Å². The maximum atomic E-state index is 5.26. The van der Waals surface area contributed by atoms with Gasteiger partial charge in [0.2, 0.25) is 0 Å². The average molecular weight is 167 g/mol. The van der Waals surface area contributed by atoms with Crippen LogP contribution in [0.15, 0.2) is 6.20 Å². The van der Waals surface area contributed by atoms with Crippen molar-refractivity contribution in [2.45, 2.75) is 6.92 Å². The van der Waals surface area contributed by atoms with E-state index < -0.39 is 0 Å². The zero-order chi connectivity index (χ0) is 8.39. The van der Waals surface area contributed by atoms with Gasteiger partial charge in [0.25, 0.3) is 0 Å². The molecule has 1 aromatic rings.